The van der Waals surface area contributed by atoms with Crippen molar-refractivity contribution >= 4 is 0 Å². The molecule has 1 rings (SSSR count). The molecule has 0 spiro atoms. The van der Waals surface area contributed by atoms with Gasteiger partial charge in [0, 0.05) is 14.2 Å². The quantitative estimate of drug-likeness (QED) is 0.778. The second-order valence-corrected chi connectivity index (χ2v) is 4.32. The Balaban J connectivity index is 3.39. The topological polar surface area (TPSA) is 18.5 Å². The third kappa shape index (κ3) is 2.28. The van der Waals surface area contributed by atoms with E-state index in [1.165, 1.54) is 33.4 Å². The Hall–Kier alpha value is -0.860. The van der Waals surface area contributed by atoms with E-state index in [4.69, 9.17) is 9.47 Å². The van der Waals surface area contributed by atoms with E-state index in [-0.39, 0.29) is 0 Å². The zero-order chi connectivity index (χ0) is 12.3. The fourth-order valence-electron chi connectivity index (χ4n) is 2.20. The van der Waals surface area contributed by atoms with Gasteiger partial charge in [0.15, 0.2) is 0 Å². The molecule has 0 aliphatic rings. The van der Waals surface area contributed by atoms with E-state index in [9.17, 15) is 0 Å². The Labute approximate surface area is 98.6 Å². The van der Waals surface area contributed by atoms with Crippen LogP contribution in [0.3, 0.4) is 0 Å². The normalized spacial score (nSPS) is 10.9. The van der Waals surface area contributed by atoms with E-state index in [0.29, 0.717) is 13.2 Å². The molecule has 1 aromatic rings. The smallest absolute Gasteiger partial charge is 0.0718 e. The van der Waals surface area contributed by atoms with Crippen molar-refractivity contribution in [3.05, 3.63) is 33.4 Å². The largest absolute Gasteiger partial charge is 0.380 e. The van der Waals surface area contributed by atoms with Gasteiger partial charge in [0.05, 0.1) is 13.2 Å². The summed E-state index contributed by atoms with van der Waals surface area (Å²) in [6.07, 6.45) is 0. The number of rotatable bonds is 4. The number of hydrogen-bond acceptors (Lipinski definition) is 2. The lowest BCUT2D eigenvalue weighted by atomic mass is 9.89. The molecule has 0 saturated carbocycles. The molecule has 0 aliphatic heterocycles. The van der Waals surface area contributed by atoms with Gasteiger partial charge < -0.3 is 9.47 Å². The van der Waals surface area contributed by atoms with Gasteiger partial charge in [-0.15, -0.1) is 0 Å². The second kappa shape index (κ2) is 5.46. The van der Waals surface area contributed by atoms with Crippen LogP contribution in [-0.4, -0.2) is 14.2 Å². The molecular weight excluding hydrogens is 200 g/mol. The lowest BCUT2D eigenvalue weighted by Crippen LogP contribution is -2.07. The average Bonchev–Trinajstić information content (AvgIpc) is 2.28. The van der Waals surface area contributed by atoms with E-state index in [1.54, 1.807) is 14.2 Å². The molecule has 0 amide bonds. The van der Waals surface area contributed by atoms with Crippen LogP contribution in [0.4, 0.5) is 0 Å². The first-order valence-electron chi connectivity index (χ1n) is 5.60. The van der Waals surface area contributed by atoms with Crippen LogP contribution in [0, 0.1) is 27.7 Å². The maximum Gasteiger partial charge on any atom is 0.0718 e. The van der Waals surface area contributed by atoms with Crippen molar-refractivity contribution < 1.29 is 9.47 Å². The van der Waals surface area contributed by atoms with Gasteiger partial charge in [0.25, 0.3) is 0 Å². The van der Waals surface area contributed by atoms with Gasteiger partial charge in [-0.1, -0.05) is 0 Å². The molecule has 0 heterocycles. The Bertz CT molecular complexity index is 348. The number of benzene rings is 1. The minimum Gasteiger partial charge on any atom is -0.380 e. The van der Waals surface area contributed by atoms with Crippen LogP contribution in [0.1, 0.15) is 33.4 Å². The van der Waals surface area contributed by atoms with Crippen molar-refractivity contribution in [2.45, 2.75) is 40.9 Å². The zero-order valence-corrected chi connectivity index (χ0v) is 11.2. The lowest BCUT2D eigenvalue weighted by Gasteiger charge is -2.19. The van der Waals surface area contributed by atoms with Crippen molar-refractivity contribution in [3.8, 4) is 0 Å². The summed E-state index contributed by atoms with van der Waals surface area (Å²) in [4.78, 5) is 0. The van der Waals surface area contributed by atoms with E-state index < -0.39 is 0 Å². The number of methoxy groups -OCH3 is 2. The number of hydrogen-bond donors (Lipinski definition) is 0. The summed E-state index contributed by atoms with van der Waals surface area (Å²) in [7, 11) is 3.48. The van der Waals surface area contributed by atoms with Gasteiger partial charge in [-0.05, 0) is 61.1 Å². The summed E-state index contributed by atoms with van der Waals surface area (Å²) in [5.74, 6) is 0. The molecule has 0 N–H and O–H groups in total. The molecular formula is C14H22O2. The van der Waals surface area contributed by atoms with Crippen molar-refractivity contribution in [2.24, 2.45) is 0 Å². The fraction of sp³-hybridized carbons (Fsp3) is 0.571. The van der Waals surface area contributed by atoms with E-state index >= 15 is 0 Å². The summed E-state index contributed by atoms with van der Waals surface area (Å²) >= 11 is 0. The third-order valence-corrected chi connectivity index (χ3v) is 3.51. The highest BCUT2D eigenvalue weighted by molar-refractivity contribution is 5.49. The molecule has 0 aliphatic carbocycles. The zero-order valence-electron chi connectivity index (χ0n) is 11.2. The summed E-state index contributed by atoms with van der Waals surface area (Å²) in [5, 5.41) is 0. The van der Waals surface area contributed by atoms with Crippen LogP contribution in [0.15, 0.2) is 0 Å². The Morgan fingerprint density at radius 1 is 0.625 bits per heavy atom. The van der Waals surface area contributed by atoms with Crippen LogP contribution < -0.4 is 0 Å². The standard InChI is InChI=1S/C14H22O2/c1-9-10(2)13(7-15-5)12(4)14(8-16-6)11(9)3/h7-8H2,1-6H3. The molecule has 0 bridgehead atoms. The van der Waals surface area contributed by atoms with Gasteiger partial charge in [-0.3, -0.25) is 0 Å². The van der Waals surface area contributed by atoms with Crippen LogP contribution in [0.25, 0.3) is 0 Å². The first-order chi connectivity index (χ1) is 7.54. The summed E-state index contributed by atoms with van der Waals surface area (Å²) < 4.78 is 10.6. The predicted molar refractivity (Wildman–Crippen MR) is 66.8 cm³/mol. The maximum absolute atomic E-state index is 5.28. The van der Waals surface area contributed by atoms with E-state index in [2.05, 4.69) is 27.7 Å². The first-order valence-corrected chi connectivity index (χ1v) is 5.60. The van der Waals surface area contributed by atoms with Gasteiger partial charge >= 0.3 is 0 Å². The van der Waals surface area contributed by atoms with Crippen molar-refractivity contribution in [1.82, 2.24) is 0 Å². The first kappa shape index (κ1) is 13.2. The molecule has 0 saturated heterocycles. The molecule has 1 aromatic carbocycles. The minimum atomic E-state index is 0.676. The predicted octanol–water partition coefficient (Wildman–Crippen LogP) is 3.21. The molecule has 0 aromatic heterocycles. The lowest BCUT2D eigenvalue weighted by molar-refractivity contribution is 0.178. The van der Waals surface area contributed by atoms with Crippen LogP contribution in [0.2, 0.25) is 0 Å². The van der Waals surface area contributed by atoms with Gasteiger partial charge in [0.1, 0.15) is 0 Å². The Kier molecular flexibility index (Phi) is 4.51. The summed E-state index contributed by atoms with van der Waals surface area (Å²) in [5.41, 5.74) is 7.96. The van der Waals surface area contributed by atoms with Crippen molar-refractivity contribution in [1.29, 1.82) is 0 Å². The highest BCUT2D eigenvalue weighted by Crippen LogP contribution is 2.27. The van der Waals surface area contributed by atoms with E-state index in [0.717, 1.165) is 0 Å². The average molecular weight is 222 g/mol. The molecule has 16 heavy (non-hydrogen) atoms. The highest BCUT2D eigenvalue weighted by atomic mass is 16.5. The fourth-order valence-corrected chi connectivity index (χ4v) is 2.20. The molecule has 2 heteroatoms. The minimum absolute atomic E-state index is 0.676. The van der Waals surface area contributed by atoms with Crippen molar-refractivity contribution in [3.63, 3.8) is 0 Å². The molecule has 90 valence electrons. The Morgan fingerprint density at radius 2 is 1.00 bits per heavy atom. The molecule has 0 fully saturated rings. The molecule has 0 atom stereocenters. The summed E-state index contributed by atoms with van der Waals surface area (Å²) in [6.45, 7) is 10.0. The third-order valence-electron chi connectivity index (χ3n) is 3.51. The van der Waals surface area contributed by atoms with Crippen molar-refractivity contribution in [2.75, 3.05) is 14.2 Å². The molecule has 2 nitrogen and oxygen atoms in total. The SMILES string of the molecule is COCc1c(C)c(C)c(C)c(COC)c1C. The van der Waals surface area contributed by atoms with Gasteiger partial charge in [0.2, 0.25) is 0 Å². The van der Waals surface area contributed by atoms with Gasteiger partial charge in [-0.25, -0.2) is 0 Å². The van der Waals surface area contributed by atoms with Crippen LogP contribution >= 0.6 is 0 Å². The molecule has 0 unspecified atom stereocenters. The van der Waals surface area contributed by atoms with Crippen LogP contribution in [-0.2, 0) is 22.7 Å². The summed E-state index contributed by atoms with van der Waals surface area (Å²) in [6, 6.07) is 0. The van der Waals surface area contributed by atoms with E-state index in [1.807, 2.05) is 0 Å². The highest BCUT2D eigenvalue weighted by Gasteiger charge is 2.14. The molecule has 0 radical (unpaired) electrons. The van der Waals surface area contributed by atoms with Crippen LogP contribution in [0.5, 0.6) is 0 Å². The maximum atomic E-state index is 5.28. The van der Waals surface area contributed by atoms with Gasteiger partial charge in [-0.2, -0.15) is 0 Å². The second-order valence-electron chi connectivity index (χ2n) is 4.32. The monoisotopic (exact) mass is 222 g/mol. The Morgan fingerprint density at radius 3 is 1.31 bits per heavy atom. The number of ether oxygens (including phenoxy) is 2.